The summed E-state index contributed by atoms with van der Waals surface area (Å²) in [5.74, 6) is 0.0457. The molecule has 0 amide bonds. The first kappa shape index (κ1) is 27.2. The van der Waals surface area contributed by atoms with Gasteiger partial charge in [-0.2, -0.15) is 0 Å². The SMILES string of the molecule is Clc1ccc(-c2c(-c3ccc(-c4ccccc4)cc3)cc(C(c3ccccc3)c3ccccc3)c3ccccc23)c(Cl)c1. The molecule has 0 bridgehead atoms. The number of rotatable bonds is 6. The topological polar surface area (TPSA) is 0 Å². The maximum Gasteiger partial charge on any atom is 0.0499 e. The van der Waals surface area contributed by atoms with Crippen molar-refractivity contribution in [1.29, 1.82) is 0 Å². The van der Waals surface area contributed by atoms with Crippen LogP contribution in [-0.4, -0.2) is 0 Å². The Labute approximate surface area is 262 Å². The highest BCUT2D eigenvalue weighted by Gasteiger charge is 2.24. The van der Waals surface area contributed by atoms with Crippen LogP contribution >= 0.6 is 23.2 Å². The molecule has 0 saturated carbocycles. The van der Waals surface area contributed by atoms with Crippen molar-refractivity contribution in [2.45, 2.75) is 5.92 Å². The third kappa shape index (κ3) is 5.37. The fourth-order valence-corrected chi connectivity index (χ4v) is 6.67. The van der Waals surface area contributed by atoms with E-state index in [-0.39, 0.29) is 5.92 Å². The molecule has 206 valence electrons. The summed E-state index contributed by atoms with van der Waals surface area (Å²) in [6, 6.07) is 57.8. The fraction of sp³-hybridized carbons (Fsp3) is 0.0244. The van der Waals surface area contributed by atoms with Crippen molar-refractivity contribution < 1.29 is 0 Å². The number of benzene rings is 7. The van der Waals surface area contributed by atoms with Crippen molar-refractivity contribution in [3.8, 4) is 33.4 Å². The Hall–Kier alpha value is -4.62. The molecule has 0 nitrogen and oxygen atoms in total. The standard InChI is InChI=1S/C41H28Cl2/c42-33-24-25-36(39(43)26-33)41-35-19-11-10-18-34(35)38(40(31-14-6-2-7-15-31)32-16-8-3-9-17-32)27-37(41)30-22-20-29(21-23-30)28-12-4-1-5-13-28/h1-27,40H. The lowest BCUT2D eigenvalue weighted by molar-refractivity contribution is 0.990. The van der Waals surface area contributed by atoms with E-state index in [2.05, 4.69) is 140 Å². The lowest BCUT2D eigenvalue weighted by Crippen LogP contribution is -2.05. The summed E-state index contributed by atoms with van der Waals surface area (Å²) in [6.07, 6.45) is 0. The maximum atomic E-state index is 6.94. The van der Waals surface area contributed by atoms with Gasteiger partial charge < -0.3 is 0 Å². The third-order valence-corrected chi connectivity index (χ3v) is 8.70. The summed E-state index contributed by atoms with van der Waals surface area (Å²) >= 11 is 13.3. The van der Waals surface area contributed by atoms with Gasteiger partial charge in [0.15, 0.2) is 0 Å². The molecule has 0 saturated heterocycles. The molecule has 0 aromatic heterocycles. The highest BCUT2D eigenvalue weighted by atomic mass is 35.5. The minimum atomic E-state index is 0.0457. The van der Waals surface area contributed by atoms with Crippen LogP contribution < -0.4 is 0 Å². The first-order valence-corrected chi connectivity index (χ1v) is 15.2. The predicted octanol–water partition coefficient (Wildman–Crippen LogP) is 12.3. The van der Waals surface area contributed by atoms with Crippen LogP contribution in [0.1, 0.15) is 22.6 Å². The molecule has 0 fully saturated rings. The Kier molecular flexibility index (Phi) is 7.56. The first-order chi connectivity index (χ1) is 21.2. The number of hydrogen-bond donors (Lipinski definition) is 0. The van der Waals surface area contributed by atoms with E-state index in [1.54, 1.807) is 0 Å². The van der Waals surface area contributed by atoms with Crippen molar-refractivity contribution in [3.63, 3.8) is 0 Å². The monoisotopic (exact) mass is 590 g/mol. The summed E-state index contributed by atoms with van der Waals surface area (Å²) in [5, 5.41) is 3.61. The molecule has 43 heavy (non-hydrogen) atoms. The van der Waals surface area contributed by atoms with E-state index in [0.717, 1.165) is 27.6 Å². The van der Waals surface area contributed by atoms with E-state index < -0.39 is 0 Å². The molecular weight excluding hydrogens is 563 g/mol. The molecule has 7 aromatic carbocycles. The van der Waals surface area contributed by atoms with Gasteiger partial charge in [-0.1, -0.05) is 169 Å². The Morgan fingerprint density at radius 2 is 0.907 bits per heavy atom. The molecule has 0 aliphatic carbocycles. The lowest BCUT2D eigenvalue weighted by Gasteiger charge is -2.25. The molecule has 2 heteroatoms. The van der Waals surface area contributed by atoms with E-state index in [1.165, 1.54) is 33.2 Å². The van der Waals surface area contributed by atoms with Crippen molar-refractivity contribution >= 4 is 34.0 Å². The van der Waals surface area contributed by atoms with E-state index in [0.29, 0.717) is 10.0 Å². The number of halogens is 2. The van der Waals surface area contributed by atoms with Crippen LogP contribution in [0.4, 0.5) is 0 Å². The smallest absolute Gasteiger partial charge is 0.0499 e. The average molecular weight is 592 g/mol. The van der Waals surface area contributed by atoms with Crippen LogP contribution in [0.2, 0.25) is 10.0 Å². The van der Waals surface area contributed by atoms with Gasteiger partial charge in [0.1, 0.15) is 0 Å². The second kappa shape index (κ2) is 11.9. The lowest BCUT2D eigenvalue weighted by atomic mass is 9.79. The second-order valence-electron chi connectivity index (χ2n) is 10.8. The summed E-state index contributed by atoms with van der Waals surface area (Å²) in [7, 11) is 0. The Balaban J connectivity index is 1.54. The van der Waals surface area contributed by atoms with Gasteiger partial charge in [0.05, 0.1) is 0 Å². The minimum Gasteiger partial charge on any atom is -0.0843 e. The third-order valence-electron chi connectivity index (χ3n) is 8.16. The summed E-state index contributed by atoms with van der Waals surface area (Å²) in [5.41, 5.74) is 10.5. The molecule has 0 unspecified atom stereocenters. The highest BCUT2D eigenvalue weighted by molar-refractivity contribution is 6.37. The molecule has 7 rings (SSSR count). The van der Waals surface area contributed by atoms with Crippen LogP contribution in [0.5, 0.6) is 0 Å². The normalized spacial score (nSPS) is 11.2. The first-order valence-electron chi connectivity index (χ1n) is 14.4. The Morgan fingerprint density at radius 3 is 1.51 bits per heavy atom. The minimum absolute atomic E-state index is 0.0457. The molecule has 0 aliphatic rings. The zero-order chi connectivity index (χ0) is 29.2. The van der Waals surface area contributed by atoms with Crippen molar-refractivity contribution in [2.75, 3.05) is 0 Å². The quantitative estimate of drug-likeness (QED) is 0.169. The van der Waals surface area contributed by atoms with E-state index in [9.17, 15) is 0 Å². The van der Waals surface area contributed by atoms with Crippen LogP contribution in [0.15, 0.2) is 164 Å². The van der Waals surface area contributed by atoms with E-state index >= 15 is 0 Å². The van der Waals surface area contributed by atoms with Gasteiger partial charge >= 0.3 is 0 Å². The maximum absolute atomic E-state index is 6.94. The van der Waals surface area contributed by atoms with Crippen LogP contribution in [0.25, 0.3) is 44.2 Å². The molecule has 0 heterocycles. The molecule has 0 radical (unpaired) electrons. The van der Waals surface area contributed by atoms with Gasteiger partial charge in [-0.25, -0.2) is 0 Å². The van der Waals surface area contributed by atoms with E-state index in [4.69, 9.17) is 23.2 Å². The van der Waals surface area contributed by atoms with Gasteiger partial charge in [0.2, 0.25) is 0 Å². The average Bonchev–Trinajstić information content (AvgIpc) is 3.06. The van der Waals surface area contributed by atoms with Gasteiger partial charge in [0, 0.05) is 21.5 Å². The van der Waals surface area contributed by atoms with Gasteiger partial charge in [0.25, 0.3) is 0 Å². The molecule has 0 atom stereocenters. The molecule has 7 aromatic rings. The highest BCUT2D eigenvalue weighted by Crippen LogP contribution is 2.46. The van der Waals surface area contributed by atoms with Gasteiger partial charge in [-0.15, -0.1) is 0 Å². The van der Waals surface area contributed by atoms with E-state index in [1.807, 2.05) is 24.3 Å². The predicted molar refractivity (Wildman–Crippen MR) is 184 cm³/mol. The number of fused-ring (bicyclic) bond motifs is 1. The van der Waals surface area contributed by atoms with Crippen molar-refractivity contribution in [1.82, 2.24) is 0 Å². The molecule has 0 aliphatic heterocycles. The second-order valence-corrected chi connectivity index (χ2v) is 11.6. The van der Waals surface area contributed by atoms with Gasteiger partial charge in [-0.3, -0.25) is 0 Å². The summed E-state index contributed by atoms with van der Waals surface area (Å²) in [6.45, 7) is 0. The van der Waals surface area contributed by atoms with Gasteiger partial charge in [-0.05, 0) is 73.5 Å². The molecular formula is C41H28Cl2. The molecule has 0 spiro atoms. The summed E-state index contributed by atoms with van der Waals surface area (Å²) in [4.78, 5) is 0. The van der Waals surface area contributed by atoms with Crippen molar-refractivity contribution in [3.05, 3.63) is 191 Å². The zero-order valence-electron chi connectivity index (χ0n) is 23.4. The summed E-state index contributed by atoms with van der Waals surface area (Å²) < 4.78 is 0. The van der Waals surface area contributed by atoms with Crippen molar-refractivity contribution in [2.24, 2.45) is 0 Å². The van der Waals surface area contributed by atoms with Crippen LogP contribution in [0.3, 0.4) is 0 Å². The Morgan fingerprint density at radius 1 is 0.395 bits per heavy atom. The largest absolute Gasteiger partial charge is 0.0843 e. The Bertz CT molecular complexity index is 1970. The zero-order valence-corrected chi connectivity index (χ0v) is 24.9. The fourth-order valence-electron chi connectivity index (χ4n) is 6.17. The number of hydrogen-bond acceptors (Lipinski definition) is 0. The molecule has 0 N–H and O–H groups in total. The van der Waals surface area contributed by atoms with Crippen LogP contribution in [0, 0.1) is 0 Å². The van der Waals surface area contributed by atoms with Crippen LogP contribution in [-0.2, 0) is 0 Å².